The van der Waals surface area contributed by atoms with Gasteiger partial charge in [-0.25, -0.2) is 8.42 Å². The topological polar surface area (TPSA) is 84.9 Å². The lowest BCUT2D eigenvalue weighted by Gasteiger charge is -2.25. The second-order valence-electron chi connectivity index (χ2n) is 6.43. The molecule has 0 fully saturated rings. The fourth-order valence-electron chi connectivity index (χ4n) is 2.76. The molecule has 0 heterocycles. The summed E-state index contributed by atoms with van der Waals surface area (Å²) in [5.41, 5.74) is 1.16. The number of nitrogens with zero attached hydrogens (tertiary/aromatic N) is 1. The van der Waals surface area contributed by atoms with E-state index < -0.39 is 15.9 Å². The van der Waals surface area contributed by atoms with Crippen molar-refractivity contribution in [1.82, 2.24) is 5.32 Å². The minimum atomic E-state index is -4.05. The van der Waals surface area contributed by atoms with Crippen LogP contribution in [0.15, 0.2) is 53.4 Å². The number of methoxy groups -OCH3 is 2. The fraction of sp³-hybridized carbons (Fsp3) is 0.350. The summed E-state index contributed by atoms with van der Waals surface area (Å²) in [6.07, 6.45) is 0. The Bertz CT molecular complexity index is 900. The van der Waals surface area contributed by atoms with Gasteiger partial charge in [-0.2, -0.15) is 0 Å². The van der Waals surface area contributed by atoms with Gasteiger partial charge in [-0.15, -0.1) is 0 Å². The van der Waals surface area contributed by atoms with E-state index in [4.69, 9.17) is 9.47 Å². The maximum atomic E-state index is 13.5. The van der Waals surface area contributed by atoms with E-state index in [0.29, 0.717) is 12.3 Å². The van der Waals surface area contributed by atoms with E-state index >= 15 is 0 Å². The molecule has 0 aliphatic rings. The molecular formula is C20H26N2O5S. The Balaban J connectivity index is 2.45. The number of anilines is 1. The van der Waals surface area contributed by atoms with Crippen LogP contribution in [-0.4, -0.2) is 47.7 Å². The molecular weight excluding hydrogens is 380 g/mol. The van der Waals surface area contributed by atoms with Gasteiger partial charge in [0, 0.05) is 13.2 Å². The van der Waals surface area contributed by atoms with Gasteiger partial charge in [0.2, 0.25) is 5.91 Å². The highest BCUT2D eigenvalue weighted by atomic mass is 32.2. The predicted octanol–water partition coefficient (Wildman–Crippen LogP) is 2.35. The third-order valence-electron chi connectivity index (χ3n) is 4.04. The Morgan fingerprint density at radius 2 is 1.82 bits per heavy atom. The van der Waals surface area contributed by atoms with Crippen LogP contribution in [0.5, 0.6) is 5.75 Å². The highest BCUT2D eigenvalue weighted by molar-refractivity contribution is 7.93. The first kappa shape index (κ1) is 21.7. The largest absolute Gasteiger partial charge is 0.495 e. The molecule has 0 bridgehead atoms. The van der Waals surface area contributed by atoms with Crippen molar-refractivity contribution in [2.24, 2.45) is 0 Å². The van der Waals surface area contributed by atoms with Crippen molar-refractivity contribution in [3.05, 3.63) is 54.1 Å². The summed E-state index contributed by atoms with van der Waals surface area (Å²) in [4.78, 5) is 12.5. The van der Waals surface area contributed by atoms with Crippen LogP contribution in [0.1, 0.15) is 12.5 Å². The van der Waals surface area contributed by atoms with Crippen molar-refractivity contribution in [2.45, 2.75) is 24.8 Å². The summed E-state index contributed by atoms with van der Waals surface area (Å²) in [5.74, 6) is -0.205. The number of rotatable bonds is 9. The number of ether oxygens (including phenoxy) is 2. The summed E-state index contributed by atoms with van der Waals surface area (Å²) in [6.45, 7) is 3.55. The molecule has 8 heteroatoms. The summed E-state index contributed by atoms with van der Waals surface area (Å²) in [6, 6.07) is 13.2. The van der Waals surface area contributed by atoms with Crippen LogP contribution in [0, 0.1) is 6.92 Å². The van der Waals surface area contributed by atoms with Crippen molar-refractivity contribution in [3.8, 4) is 5.75 Å². The first-order valence-corrected chi connectivity index (χ1v) is 10.2. The van der Waals surface area contributed by atoms with E-state index in [9.17, 15) is 13.2 Å². The van der Waals surface area contributed by atoms with Gasteiger partial charge >= 0.3 is 0 Å². The lowest BCUT2D eigenvalue weighted by atomic mass is 10.2. The lowest BCUT2D eigenvalue weighted by molar-refractivity contribution is -0.120. The number of nitrogens with one attached hydrogen (secondary N) is 1. The highest BCUT2D eigenvalue weighted by Gasteiger charge is 2.30. The van der Waals surface area contributed by atoms with E-state index in [1.807, 2.05) is 0 Å². The smallest absolute Gasteiger partial charge is 0.268 e. The van der Waals surface area contributed by atoms with Crippen LogP contribution in [0.2, 0.25) is 0 Å². The van der Waals surface area contributed by atoms with Crippen LogP contribution < -0.4 is 14.4 Å². The predicted molar refractivity (Wildman–Crippen MR) is 108 cm³/mol. The molecule has 2 aromatic rings. The van der Waals surface area contributed by atoms with Crippen LogP contribution in [0.25, 0.3) is 0 Å². The monoisotopic (exact) mass is 406 g/mol. The van der Waals surface area contributed by atoms with Crippen molar-refractivity contribution >= 4 is 21.6 Å². The van der Waals surface area contributed by atoms with Crippen LogP contribution in [0.4, 0.5) is 5.69 Å². The van der Waals surface area contributed by atoms with Crippen molar-refractivity contribution < 1.29 is 22.7 Å². The van der Waals surface area contributed by atoms with Gasteiger partial charge in [0.25, 0.3) is 10.0 Å². The number of carbonyl (C=O) groups is 1. The number of hydrogen-bond acceptors (Lipinski definition) is 5. The number of benzene rings is 2. The molecule has 0 saturated carbocycles. The molecule has 2 rings (SSSR count). The first-order valence-electron chi connectivity index (χ1n) is 8.80. The van der Waals surface area contributed by atoms with Crippen LogP contribution in [0.3, 0.4) is 0 Å². The molecule has 0 spiro atoms. The normalized spacial score (nSPS) is 12.3. The Kier molecular flexibility index (Phi) is 7.42. The van der Waals surface area contributed by atoms with E-state index in [0.717, 1.165) is 9.87 Å². The molecule has 1 N–H and O–H groups in total. The van der Waals surface area contributed by atoms with E-state index in [1.165, 1.54) is 20.3 Å². The van der Waals surface area contributed by atoms with Gasteiger partial charge in [0.05, 0.1) is 19.4 Å². The molecule has 2 aromatic carbocycles. The van der Waals surface area contributed by atoms with E-state index in [2.05, 4.69) is 5.32 Å². The summed E-state index contributed by atoms with van der Waals surface area (Å²) >= 11 is 0. The van der Waals surface area contributed by atoms with E-state index in [1.54, 1.807) is 56.3 Å². The first-order chi connectivity index (χ1) is 13.3. The maximum Gasteiger partial charge on any atom is 0.268 e. The average Bonchev–Trinajstić information content (AvgIpc) is 2.66. The summed E-state index contributed by atoms with van der Waals surface area (Å²) < 4.78 is 38.3. The zero-order valence-electron chi connectivity index (χ0n) is 16.5. The Labute approximate surface area is 166 Å². The number of carbonyl (C=O) groups excluding carboxylic acids is 1. The summed E-state index contributed by atoms with van der Waals surface area (Å²) in [5, 5.41) is 2.74. The molecule has 28 heavy (non-hydrogen) atoms. The zero-order chi connectivity index (χ0) is 20.7. The minimum absolute atomic E-state index is 0.0107. The van der Waals surface area contributed by atoms with Gasteiger partial charge in [-0.05, 0) is 43.7 Å². The molecule has 1 atom stereocenters. The van der Waals surface area contributed by atoms with Gasteiger partial charge in [-0.1, -0.05) is 24.3 Å². The lowest BCUT2D eigenvalue weighted by Crippen LogP contribution is -2.44. The number of aryl methyl sites for hydroxylation is 1. The third kappa shape index (κ3) is 5.24. The number of hydrogen-bond donors (Lipinski definition) is 1. The van der Waals surface area contributed by atoms with Crippen LogP contribution >= 0.6 is 0 Å². The molecule has 0 radical (unpaired) electrons. The van der Waals surface area contributed by atoms with Gasteiger partial charge in [0.1, 0.15) is 17.2 Å². The van der Waals surface area contributed by atoms with Crippen LogP contribution in [-0.2, 0) is 19.6 Å². The standard InChI is InChI=1S/C20H26N2O5S/c1-15-10-11-18(27-4)19(12-15)28(24,25)22(17-8-6-5-7-9-17)13-20(23)21-16(2)14-26-3/h5-12,16H,13-14H2,1-4H3,(H,21,23)/t16-/m1/s1. The molecule has 0 saturated heterocycles. The maximum absolute atomic E-state index is 13.5. The molecule has 7 nitrogen and oxygen atoms in total. The van der Waals surface area contributed by atoms with E-state index in [-0.39, 0.29) is 23.2 Å². The second-order valence-corrected chi connectivity index (χ2v) is 8.26. The molecule has 0 aliphatic carbocycles. The molecule has 0 unspecified atom stereocenters. The highest BCUT2D eigenvalue weighted by Crippen LogP contribution is 2.30. The Morgan fingerprint density at radius 3 is 2.43 bits per heavy atom. The summed E-state index contributed by atoms with van der Waals surface area (Å²) in [7, 11) is -1.10. The second kappa shape index (κ2) is 9.57. The Hall–Kier alpha value is -2.58. The quantitative estimate of drug-likeness (QED) is 0.691. The van der Waals surface area contributed by atoms with Crippen molar-refractivity contribution in [3.63, 3.8) is 0 Å². The third-order valence-corrected chi connectivity index (χ3v) is 5.84. The molecule has 152 valence electrons. The fourth-order valence-corrected chi connectivity index (χ4v) is 4.42. The minimum Gasteiger partial charge on any atom is -0.495 e. The van der Waals surface area contributed by atoms with Gasteiger partial charge in [-0.3, -0.25) is 9.10 Å². The number of para-hydroxylation sites is 1. The van der Waals surface area contributed by atoms with Crippen molar-refractivity contribution in [2.75, 3.05) is 31.7 Å². The van der Waals surface area contributed by atoms with Crippen molar-refractivity contribution in [1.29, 1.82) is 0 Å². The zero-order valence-corrected chi connectivity index (χ0v) is 17.3. The molecule has 0 aromatic heterocycles. The number of sulfonamides is 1. The van der Waals surface area contributed by atoms with Gasteiger partial charge < -0.3 is 14.8 Å². The molecule has 0 aliphatic heterocycles. The van der Waals surface area contributed by atoms with Gasteiger partial charge in [0.15, 0.2) is 0 Å². The molecule has 1 amide bonds. The average molecular weight is 407 g/mol. The number of amides is 1. The SMILES string of the molecule is COC[C@@H](C)NC(=O)CN(c1ccccc1)S(=O)(=O)c1cc(C)ccc1OC. The Morgan fingerprint density at radius 1 is 1.14 bits per heavy atom.